The van der Waals surface area contributed by atoms with E-state index in [9.17, 15) is 32.1 Å². The summed E-state index contributed by atoms with van der Waals surface area (Å²) < 4.78 is 55.4. The number of anilines is 1. The molecule has 0 aliphatic carbocycles. The highest BCUT2D eigenvalue weighted by Gasteiger charge is 2.28. The molecule has 2 aromatic rings. The summed E-state index contributed by atoms with van der Waals surface area (Å²) in [5.41, 5.74) is -0.265. The Morgan fingerprint density at radius 2 is 1.65 bits per heavy atom. The van der Waals surface area contributed by atoms with Gasteiger partial charge in [0.05, 0.1) is 20.4 Å². The lowest BCUT2D eigenvalue weighted by Crippen LogP contribution is -2.32. The molecule has 31 heavy (non-hydrogen) atoms. The van der Waals surface area contributed by atoms with Crippen molar-refractivity contribution in [1.29, 1.82) is 0 Å². The minimum absolute atomic E-state index is 0.00582. The van der Waals surface area contributed by atoms with Gasteiger partial charge in [0.25, 0.3) is 10.0 Å². The summed E-state index contributed by atoms with van der Waals surface area (Å²) in [6.45, 7) is 2.45. The molecule has 0 amide bonds. The van der Waals surface area contributed by atoms with E-state index < -0.39 is 41.3 Å². The molecule has 12 heteroatoms. The quantitative estimate of drug-likeness (QED) is 0.488. The van der Waals surface area contributed by atoms with Crippen molar-refractivity contribution in [3.63, 3.8) is 0 Å². The summed E-state index contributed by atoms with van der Waals surface area (Å²) in [6, 6.07) is 6.85. The zero-order chi connectivity index (χ0) is 22.8. The van der Waals surface area contributed by atoms with E-state index in [4.69, 9.17) is 0 Å². The highest BCUT2D eigenvalue weighted by atomic mass is 32.2. The summed E-state index contributed by atoms with van der Waals surface area (Å²) in [5, 5.41) is 20.5. The van der Waals surface area contributed by atoms with Crippen LogP contribution in [0.15, 0.2) is 46.2 Å². The first kappa shape index (κ1) is 23.0. The van der Waals surface area contributed by atoms with Gasteiger partial charge in [-0.2, -0.15) is 4.31 Å². The van der Waals surface area contributed by atoms with E-state index in [0.29, 0.717) is 18.7 Å². The van der Waals surface area contributed by atoms with Crippen molar-refractivity contribution in [2.45, 2.75) is 42.4 Å². The third-order valence-electron chi connectivity index (χ3n) is 5.08. The lowest BCUT2D eigenvalue weighted by molar-refractivity contribution is -0.386. The van der Waals surface area contributed by atoms with Crippen LogP contribution in [0.4, 0.5) is 11.4 Å². The Hall–Kier alpha value is -2.70. The molecule has 168 valence electrons. The van der Waals surface area contributed by atoms with Crippen molar-refractivity contribution in [2.75, 3.05) is 17.8 Å². The molecule has 0 atom stereocenters. The molecular formula is C19H23N3O7S2. The minimum Gasteiger partial charge on any atom is -0.502 e. The smallest absolute Gasteiger partial charge is 0.312 e. The lowest BCUT2D eigenvalue weighted by Gasteiger charge is -2.21. The number of aryl methyl sites for hydroxylation is 1. The number of phenolic OH excluding ortho intramolecular Hbond substituents is 1. The number of nitrogens with zero attached hydrogens (tertiary/aromatic N) is 2. The van der Waals surface area contributed by atoms with Crippen molar-refractivity contribution in [1.82, 2.24) is 4.31 Å². The number of nitro groups is 1. The lowest BCUT2D eigenvalue weighted by atomic mass is 10.2. The maximum absolute atomic E-state index is 13.2. The van der Waals surface area contributed by atoms with E-state index in [1.807, 2.05) is 0 Å². The topological polar surface area (TPSA) is 147 Å². The molecule has 0 unspecified atom stereocenters. The molecule has 2 N–H and O–H groups in total. The molecule has 2 aromatic carbocycles. The average Bonchev–Trinajstić information content (AvgIpc) is 2.99. The van der Waals surface area contributed by atoms with Crippen LogP contribution in [0.2, 0.25) is 0 Å². The Bertz CT molecular complexity index is 1200. The van der Waals surface area contributed by atoms with Crippen molar-refractivity contribution in [3.8, 4) is 5.75 Å². The molecule has 1 aliphatic rings. The number of phenols is 1. The Morgan fingerprint density at radius 1 is 1.00 bits per heavy atom. The van der Waals surface area contributed by atoms with Crippen molar-refractivity contribution in [2.24, 2.45) is 0 Å². The van der Waals surface area contributed by atoms with E-state index >= 15 is 0 Å². The second kappa shape index (κ2) is 8.81. The fraction of sp³-hybridized carbons (Fsp3) is 0.368. The van der Waals surface area contributed by atoms with Crippen LogP contribution in [0.5, 0.6) is 5.75 Å². The largest absolute Gasteiger partial charge is 0.502 e. The maximum Gasteiger partial charge on any atom is 0.312 e. The predicted octanol–water partition coefficient (Wildman–Crippen LogP) is 2.97. The molecule has 0 bridgehead atoms. The van der Waals surface area contributed by atoms with Gasteiger partial charge in [0.2, 0.25) is 10.0 Å². The van der Waals surface area contributed by atoms with Crippen molar-refractivity contribution < 1.29 is 26.9 Å². The second-order valence-electron chi connectivity index (χ2n) is 7.31. The van der Waals surface area contributed by atoms with Crippen LogP contribution in [0.25, 0.3) is 0 Å². The molecule has 1 aliphatic heterocycles. The predicted molar refractivity (Wildman–Crippen MR) is 114 cm³/mol. The Morgan fingerprint density at radius 3 is 2.26 bits per heavy atom. The summed E-state index contributed by atoms with van der Waals surface area (Å²) in [5.74, 6) is -0.662. The fourth-order valence-electron chi connectivity index (χ4n) is 3.39. The number of benzene rings is 2. The number of rotatable bonds is 6. The number of hydrogen-bond acceptors (Lipinski definition) is 7. The third kappa shape index (κ3) is 4.97. The van der Waals surface area contributed by atoms with Crippen LogP contribution in [0.1, 0.15) is 31.2 Å². The van der Waals surface area contributed by atoms with Gasteiger partial charge in [0, 0.05) is 19.2 Å². The molecule has 0 spiro atoms. The Balaban J connectivity index is 1.95. The van der Waals surface area contributed by atoms with E-state index in [2.05, 4.69) is 4.72 Å². The minimum atomic E-state index is -4.27. The molecular weight excluding hydrogens is 446 g/mol. The van der Waals surface area contributed by atoms with Gasteiger partial charge in [0.15, 0.2) is 5.75 Å². The number of nitrogens with one attached hydrogen (secondary N) is 1. The zero-order valence-electron chi connectivity index (χ0n) is 16.8. The van der Waals surface area contributed by atoms with Gasteiger partial charge in [-0.3, -0.25) is 14.8 Å². The summed E-state index contributed by atoms with van der Waals surface area (Å²) in [7, 11) is -8.07. The average molecular weight is 470 g/mol. The number of nitro benzene ring substituents is 1. The van der Waals surface area contributed by atoms with Crippen LogP contribution in [0.3, 0.4) is 0 Å². The standard InChI is InChI=1S/C19H23N3O7S2/c1-14-6-7-15(12-19(14)31(28,29)21-10-4-2-3-5-11-21)20-30(26,27)16-8-9-18(23)17(13-16)22(24)25/h6-9,12-13,20,23H,2-5,10-11H2,1H3. The number of sulfonamides is 2. The summed E-state index contributed by atoms with van der Waals surface area (Å²) >= 11 is 0. The Labute approximate surface area is 180 Å². The van der Waals surface area contributed by atoms with Crippen LogP contribution in [-0.2, 0) is 20.0 Å². The van der Waals surface area contributed by atoms with Crippen LogP contribution in [0, 0.1) is 17.0 Å². The molecule has 10 nitrogen and oxygen atoms in total. The number of aromatic hydroxyl groups is 1. The van der Waals surface area contributed by atoms with Crippen molar-refractivity contribution >= 4 is 31.4 Å². The maximum atomic E-state index is 13.2. The van der Waals surface area contributed by atoms with Crippen LogP contribution < -0.4 is 4.72 Å². The fourth-order valence-corrected chi connectivity index (χ4v) is 6.23. The first-order valence-corrected chi connectivity index (χ1v) is 12.6. The van der Waals surface area contributed by atoms with Gasteiger partial charge in [0.1, 0.15) is 0 Å². The van der Waals surface area contributed by atoms with E-state index in [-0.39, 0.29) is 10.6 Å². The highest BCUT2D eigenvalue weighted by molar-refractivity contribution is 7.92. The summed E-state index contributed by atoms with van der Waals surface area (Å²) in [6.07, 6.45) is 3.46. The molecule has 3 rings (SSSR count). The van der Waals surface area contributed by atoms with Gasteiger partial charge >= 0.3 is 5.69 Å². The molecule has 1 saturated heterocycles. The molecule has 0 radical (unpaired) electrons. The first-order valence-electron chi connectivity index (χ1n) is 9.63. The first-order chi connectivity index (χ1) is 14.5. The van der Waals surface area contributed by atoms with Gasteiger partial charge < -0.3 is 5.11 Å². The Kier molecular flexibility index (Phi) is 6.53. The van der Waals surface area contributed by atoms with E-state index in [1.54, 1.807) is 6.92 Å². The van der Waals surface area contributed by atoms with Gasteiger partial charge in [-0.1, -0.05) is 18.9 Å². The monoisotopic (exact) mass is 469 g/mol. The van der Waals surface area contributed by atoms with Gasteiger partial charge in [-0.05, 0) is 49.6 Å². The van der Waals surface area contributed by atoms with Crippen LogP contribution in [-0.4, -0.2) is 44.3 Å². The van der Waals surface area contributed by atoms with E-state index in [1.165, 1.54) is 22.5 Å². The SMILES string of the molecule is Cc1ccc(NS(=O)(=O)c2ccc(O)c([N+](=O)[O-])c2)cc1S(=O)(=O)N1CCCCCC1. The molecule has 0 aromatic heterocycles. The molecule has 1 heterocycles. The van der Waals surface area contributed by atoms with Crippen LogP contribution >= 0.6 is 0 Å². The second-order valence-corrected chi connectivity index (χ2v) is 10.9. The zero-order valence-corrected chi connectivity index (χ0v) is 18.4. The molecule has 0 saturated carbocycles. The van der Waals surface area contributed by atoms with E-state index in [0.717, 1.165) is 43.9 Å². The number of hydrogen-bond donors (Lipinski definition) is 2. The van der Waals surface area contributed by atoms with Gasteiger partial charge in [-0.15, -0.1) is 0 Å². The van der Waals surface area contributed by atoms with Gasteiger partial charge in [-0.25, -0.2) is 16.8 Å². The highest BCUT2D eigenvalue weighted by Crippen LogP contribution is 2.30. The van der Waals surface area contributed by atoms with Crippen molar-refractivity contribution in [3.05, 3.63) is 52.1 Å². The normalized spacial score (nSPS) is 15.9. The summed E-state index contributed by atoms with van der Waals surface area (Å²) in [4.78, 5) is 9.66. The molecule has 1 fully saturated rings. The third-order valence-corrected chi connectivity index (χ3v) is 8.50.